The van der Waals surface area contributed by atoms with E-state index in [0.717, 1.165) is 24.1 Å². The standard InChI is InChI=1S/C22H29N4O11P.C9H15N.C8H11O4P/c27-15-23-10-12-25(19(29)2-1-3-22(32)36-26-20(30)8-9-21(26)31)13-11-24-18(28)14-16-4-6-17(7-5-16)37-38(33,34)35;1-5-6-8(2)7-9(3)10-4;1-2-7-3-5-8(6-4-7)12-13(9,10)11/h4-7,15H,1-3,8-14H2,(H,23,27)(H,24,28)(H2,33,34,35);5-6,10H,1,3,7H2,2,4H3;3-6H,2H2,1H3,(H2,9,10,11)/b;8-6+;. The fraction of sp³-hybridized carbons (Fsp3) is 0.385. The number of aryl methyl sites for hydroxylation is 1. The van der Waals surface area contributed by atoms with Crippen LogP contribution in [0.4, 0.5) is 0 Å². The topological polar surface area (TPSA) is 288 Å². The summed E-state index contributed by atoms with van der Waals surface area (Å²) in [5.74, 6) is -2.57. The SMILES string of the molecule is C=C/C=C(\C)CC(=C)NC.CCc1ccc(OP(=O)(O)O)cc1.O=CNCCN(CCNC(=O)Cc1ccc(OP(=O)(O)O)cc1)C(=O)CCCC(=O)ON1C(=O)CCC1=O. The zero-order valence-corrected chi connectivity index (χ0v) is 36.1. The van der Waals surface area contributed by atoms with Gasteiger partial charge in [-0.05, 0) is 55.2 Å². The average Bonchev–Trinajstić information content (AvgIpc) is 3.49. The smallest absolute Gasteiger partial charge is 0.404 e. The highest BCUT2D eigenvalue weighted by Gasteiger charge is 2.32. The van der Waals surface area contributed by atoms with E-state index >= 15 is 0 Å². The van der Waals surface area contributed by atoms with Crippen LogP contribution >= 0.6 is 15.6 Å². The van der Waals surface area contributed by atoms with Gasteiger partial charge in [-0.2, -0.15) is 0 Å². The highest BCUT2D eigenvalue weighted by molar-refractivity contribution is 7.47. The van der Waals surface area contributed by atoms with Gasteiger partial charge < -0.3 is 34.7 Å². The lowest BCUT2D eigenvalue weighted by Gasteiger charge is -2.23. The summed E-state index contributed by atoms with van der Waals surface area (Å²) >= 11 is 0. The summed E-state index contributed by atoms with van der Waals surface area (Å²) in [7, 11) is -7.21. The van der Waals surface area contributed by atoms with Crippen LogP contribution < -0.4 is 25.0 Å². The molecule has 2 aromatic carbocycles. The molecule has 0 atom stereocenters. The van der Waals surface area contributed by atoms with Crippen LogP contribution in [0.2, 0.25) is 0 Å². The Hall–Kier alpha value is -5.62. The number of rotatable bonds is 23. The minimum absolute atomic E-state index is 0.0223. The molecule has 1 aliphatic rings. The zero-order valence-electron chi connectivity index (χ0n) is 34.3. The number of nitrogens with zero attached hydrogens (tertiary/aromatic N) is 2. The molecule has 0 unspecified atom stereocenters. The Bertz CT molecular complexity index is 1900. The van der Waals surface area contributed by atoms with E-state index in [2.05, 4.69) is 45.1 Å². The average molecular weight is 896 g/mol. The number of benzene rings is 2. The minimum atomic E-state index is -4.68. The van der Waals surface area contributed by atoms with Crippen LogP contribution in [-0.2, 0) is 55.6 Å². The van der Waals surface area contributed by atoms with E-state index < -0.39 is 33.4 Å². The van der Waals surface area contributed by atoms with Crippen LogP contribution in [0, 0.1) is 0 Å². The Labute approximate surface area is 354 Å². The number of allylic oxidation sites excluding steroid dienone is 3. The summed E-state index contributed by atoms with van der Waals surface area (Å²) in [6.07, 6.45) is 5.84. The van der Waals surface area contributed by atoms with Crippen LogP contribution in [0.15, 0.2) is 85.1 Å². The molecule has 5 amide bonds. The molecular weight excluding hydrogens is 840 g/mol. The summed E-state index contributed by atoms with van der Waals surface area (Å²) in [5, 5.41) is 8.53. The number of imide groups is 1. The van der Waals surface area contributed by atoms with Crippen molar-refractivity contribution in [1.82, 2.24) is 25.9 Å². The second-order valence-corrected chi connectivity index (χ2v) is 15.3. The van der Waals surface area contributed by atoms with Gasteiger partial charge in [-0.1, -0.05) is 62.1 Å². The molecule has 0 radical (unpaired) electrons. The van der Waals surface area contributed by atoms with Crippen LogP contribution in [0.3, 0.4) is 0 Å². The highest BCUT2D eigenvalue weighted by atomic mass is 31.2. The predicted octanol–water partition coefficient (Wildman–Crippen LogP) is 3.13. The third kappa shape index (κ3) is 24.9. The lowest BCUT2D eigenvalue weighted by Crippen LogP contribution is -2.42. The first-order chi connectivity index (χ1) is 28.7. The molecule has 0 saturated carbocycles. The highest BCUT2D eigenvalue weighted by Crippen LogP contribution is 2.38. The van der Waals surface area contributed by atoms with Crippen molar-refractivity contribution in [3.8, 4) is 11.5 Å². The molecule has 0 spiro atoms. The summed E-state index contributed by atoms with van der Waals surface area (Å²) < 4.78 is 30.1. The van der Waals surface area contributed by atoms with Gasteiger partial charge in [0.2, 0.25) is 18.2 Å². The molecular formula is C39H55N5O15P2. The maximum absolute atomic E-state index is 12.6. The van der Waals surface area contributed by atoms with Gasteiger partial charge in [-0.3, -0.25) is 43.5 Å². The van der Waals surface area contributed by atoms with E-state index in [1.54, 1.807) is 18.2 Å². The first kappa shape index (κ1) is 53.4. The van der Waals surface area contributed by atoms with Crippen molar-refractivity contribution in [3.63, 3.8) is 0 Å². The molecule has 7 N–H and O–H groups in total. The molecule has 0 aliphatic carbocycles. The molecule has 20 nitrogen and oxygen atoms in total. The number of phosphoric acid groups is 2. The number of carbonyl (C=O) groups excluding carboxylic acids is 6. The zero-order chi connectivity index (χ0) is 46.0. The molecule has 2 aromatic rings. The number of nitrogens with one attached hydrogen (secondary N) is 3. The Kier molecular flexibility index (Phi) is 24.5. The Morgan fingerprint density at radius 2 is 1.39 bits per heavy atom. The van der Waals surface area contributed by atoms with E-state index in [0.29, 0.717) is 17.0 Å². The van der Waals surface area contributed by atoms with Crippen LogP contribution in [0.25, 0.3) is 0 Å². The van der Waals surface area contributed by atoms with Gasteiger partial charge in [-0.25, -0.2) is 13.9 Å². The summed E-state index contributed by atoms with van der Waals surface area (Å²) in [5.41, 5.74) is 3.97. The maximum atomic E-state index is 12.6. The minimum Gasteiger partial charge on any atom is -0.404 e. The molecule has 61 heavy (non-hydrogen) atoms. The maximum Gasteiger partial charge on any atom is 0.524 e. The fourth-order valence-corrected chi connectivity index (χ4v) is 5.75. The molecule has 1 saturated heterocycles. The van der Waals surface area contributed by atoms with E-state index in [-0.39, 0.29) is 88.0 Å². The first-order valence-corrected chi connectivity index (χ1v) is 21.9. The number of hydroxylamine groups is 2. The summed E-state index contributed by atoms with van der Waals surface area (Å²) in [6.45, 7) is 12.0. The van der Waals surface area contributed by atoms with Crippen molar-refractivity contribution in [3.05, 3.63) is 96.2 Å². The second-order valence-electron chi connectivity index (χ2n) is 13.0. The lowest BCUT2D eigenvalue weighted by atomic mass is 10.1. The van der Waals surface area contributed by atoms with Gasteiger partial charge in [0.25, 0.3) is 11.8 Å². The van der Waals surface area contributed by atoms with E-state index in [9.17, 15) is 37.9 Å². The first-order valence-electron chi connectivity index (χ1n) is 18.8. The van der Waals surface area contributed by atoms with Crippen LogP contribution in [-0.4, -0.2) is 98.8 Å². The number of hydrogen-bond acceptors (Lipinski definition) is 12. The van der Waals surface area contributed by atoms with Gasteiger partial charge in [-0.15, -0.1) is 5.06 Å². The number of amides is 5. The second kappa shape index (κ2) is 28.0. The normalized spacial score (nSPS) is 12.4. The van der Waals surface area contributed by atoms with Crippen molar-refractivity contribution in [1.29, 1.82) is 0 Å². The predicted molar refractivity (Wildman–Crippen MR) is 223 cm³/mol. The third-order valence-electron chi connectivity index (χ3n) is 7.95. The molecule has 0 aromatic heterocycles. The van der Waals surface area contributed by atoms with Gasteiger partial charge in [0.1, 0.15) is 11.5 Å². The molecule has 0 bridgehead atoms. The quantitative estimate of drug-likeness (QED) is 0.0277. The van der Waals surface area contributed by atoms with Crippen molar-refractivity contribution in [2.45, 2.75) is 65.2 Å². The van der Waals surface area contributed by atoms with Crippen molar-refractivity contribution in [2.24, 2.45) is 0 Å². The molecule has 1 heterocycles. The third-order valence-corrected chi connectivity index (χ3v) is 8.85. The van der Waals surface area contributed by atoms with Crippen LogP contribution in [0.1, 0.15) is 63.5 Å². The molecule has 22 heteroatoms. The molecule has 336 valence electrons. The van der Waals surface area contributed by atoms with Gasteiger partial charge >= 0.3 is 21.6 Å². The summed E-state index contributed by atoms with van der Waals surface area (Å²) in [4.78, 5) is 111. The van der Waals surface area contributed by atoms with Gasteiger partial charge in [0.05, 0.1) is 6.42 Å². The largest absolute Gasteiger partial charge is 0.524 e. The molecule has 1 fully saturated rings. The summed E-state index contributed by atoms with van der Waals surface area (Å²) in [6, 6.07) is 12.2. The number of carbonyl (C=O) groups is 6. The van der Waals surface area contributed by atoms with Gasteiger partial charge in [0, 0.05) is 71.0 Å². The van der Waals surface area contributed by atoms with Crippen LogP contribution in [0.5, 0.6) is 11.5 Å². The Morgan fingerprint density at radius 3 is 1.87 bits per heavy atom. The van der Waals surface area contributed by atoms with E-state index in [4.69, 9.17) is 24.4 Å². The number of hydrogen-bond donors (Lipinski definition) is 7. The Morgan fingerprint density at radius 1 is 0.869 bits per heavy atom. The van der Waals surface area contributed by atoms with Gasteiger partial charge in [0.15, 0.2) is 0 Å². The fourth-order valence-electron chi connectivity index (χ4n) is 4.96. The molecule has 3 rings (SSSR count). The Balaban J connectivity index is 0.000000654. The monoisotopic (exact) mass is 895 g/mol. The van der Waals surface area contributed by atoms with Crippen molar-refractivity contribution in [2.75, 3.05) is 33.2 Å². The molecule has 1 aliphatic heterocycles. The number of phosphoric ester groups is 2. The van der Waals surface area contributed by atoms with E-state index in [1.807, 2.05) is 20.0 Å². The van der Waals surface area contributed by atoms with Crippen molar-refractivity contribution < 1.29 is 71.4 Å². The lowest BCUT2D eigenvalue weighted by molar-refractivity contribution is -0.197. The van der Waals surface area contributed by atoms with Crippen molar-refractivity contribution >= 4 is 51.7 Å². The van der Waals surface area contributed by atoms with E-state index in [1.165, 1.54) is 46.9 Å².